The van der Waals surface area contributed by atoms with E-state index in [0.29, 0.717) is 11.7 Å². The molecule has 0 aliphatic carbocycles. The molecule has 1 aliphatic heterocycles. The zero-order chi connectivity index (χ0) is 13.0. The van der Waals surface area contributed by atoms with Crippen molar-refractivity contribution in [3.8, 4) is 0 Å². The molecular formula is C14H20F2N2. The molecule has 0 radical (unpaired) electrons. The molecule has 4 heteroatoms. The van der Waals surface area contributed by atoms with Gasteiger partial charge < -0.3 is 10.2 Å². The SMILES string of the molecule is CCCC1CN(c2cc(F)ccc2F)CCCN1. The summed E-state index contributed by atoms with van der Waals surface area (Å²) in [5.41, 5.74) is 0.389. The van der Waals surface area contributed by atoms with Crippen molar-refractivity contribution in [2.45, 2.75) is 32.2 Å². The minimum absolute atomic E-state index is 0.339. The Kier molecular flexibility index (Phi) is 4.53. The fraction of sp³-hybridized carbons (Fsp3) is 0.571. The van der Waals surface area contributed by atoms with E-state index in [0.717, 1.165) is 38.9 Å². The summed E-state index contributed by atoms with van der Waals surface area (Å²) >= 11 is 0. The van der Waals surface area contributed by atoms with E-state index in [1.807, 2.05) is 4.90 Å². The van der Waals surface area contributed by atoms with Crippen molar-refractivity contribution in [3.05, 3.63) is 29.8 Å². The van der Waals surface area contributed by atoms with E-state index in [1.54, 1.807) is 0 Å². The lowest BCUT2D eigenvalue weighted by Gasteiger charge is -2.26. The molecule has 1 saturated heterocycles. The Morgan fingerprint density at radius 1 is 1.39 bits per heavy atom. The van der Waals surface area contributed by atoms with Crippen LogP contribution in [0, 0.1) is 11.6 Å². The Hall–Kier alpha value is -1.16. The molecule has 1 fully saturated rings. The number of anilines is 1. The summed E-state index contributed by atoms with van der Waals surface area (Å²) in [6.45, 7) is 4.60. The van der Waals surface area contributed by atoms with Gasteiger partial charge in [-0.1, -0.05) is 13.3 Å². The van der Waals surface area contributed by atoms with E-state index in [-0.39, 0.29) is 11.6 Å². The summed E-state index contributed by atoms with van der Waals surface area (Å²) in [5, 5.41) is 3.46. The third-order valence-electron chi connectivity index (χ3n) is 3.36. The van der Waals surface area contributed by atoms with Crippen molar-refractivity contribution in [2.24, 2.45) is 0 Å². The Labute approximate surface area is 107 Å². The molecule has 2 rings (SSSR count). The first-order valence-electron chi connectivity index (χ1n) is 6.64. The van der Waals surface area contributed by atoms with E-state index >= 15 is 0 Å². The Morgan fingerprint density at radius 3 is 3.00 bits per heavy atom. The van der Waals surface area contributed by atoms with Gasteiger partial charge in [-0.05, 0) is 31.5 Å². The van der Waals surface area contributed by atoms with Crippen LogP contribution in [-0.4, -0.2) is 25.7 Å². The molecule has 2 nitrogen and oxygen atoms in total. The maximum Gasteiger partial charge on any atom is 0.146 e. The lowest BCUT2D eigenvalue weighted by atomic mass is 10.1. The third-order valence-corrected chi connectivity index (χ3v) is 3.36. The number of nitrogens with one attached hydrogen (secondary N) is 1. The molecule has 1 aliphatic rings. The summed E-state index contributed by atoms with van der Waals surface area (Å²) in [7, 11) is 0. The van der Waals surface area contributed by atoms with Crippen LogP contribution < -0.4 is 10.2 Å². The lowest BCUT2D eigenvalue weighted by Crippen LogP contribution is -2.37. The highest BCUT2D eigenvalue weighted by Crippen LogP contribution is 2.22. The van der Waals surface area contributed by atoms with Crippen LogP contribution in [0.25, 0.3) is 0 Å². The maximum absolute atomic E-state index is 13.8. The number of rotatable bonds is 3. The lowest BCUT2D eigenvalue weighted by molar-refractivity contribution is 0.500. The van der Waals surface area contributed by atoms with Crippen molar-refractivity contribution in [1.29, 1.82) is 0 Å². The van der Waals surface area contributed by atoms with E-state index in [9.17, 15) is 8.78 Å². The van der Waals surface area contributed by atoms with Crippen molar-refractivity contribution in [3.63, 3.8) is 0 Å². The van der Waals surface area contributed by atoms with Crippen molar-refractivity contribution >= 4 is 5.69 Å². The molecule has 18 heavy (non-hydrogen) atoms. The standard InChI is InChI=1S/C14H20F2N2/c1-2-4-12-10-18(8-3-7-17-12)14-9-11(15)5-6-13(14)16/h5-6,9,12,17H,2-4,7-8,10H2,1H3. The van der Waals surface area contributed by atoms with Gasteiger partial charge >= 0.3 is 0 Å². The zero-order valence-electron chi connectivity index (χ0n) is 10.8. The highest BCUT2D eigenvalue weighted by molar-refractivity contribution is 5.48. The number of benzene rings is 1. The number of hydrogen-bond donors (Lipinski definition) is 1. The molecule has 1 aromatic carbocycles. The summed E-state index contributed by atoms with van der Waals surface area (Å²) in [5.74, 6) is -0.718. The van der Waals surface area contributed by atoms with E-state index in [4.69, 9.17) is 0 Å². The number of halogens is 2. The zero-order valence-corrected chi connectivity index (χ0v) is 10.8. The van der Waals surface area contributed by atoms with Gasteiger partial charge in [0, 0.05) is 25.2 Å². The first kappa shape index (κ1) is 13.3. The van der Waals surface area contributed by atoms with Gasteiger partial charge in [-0.15, -0.1) is 0 Å². The molecule has 0 spiro atoms. The molecule has 0 bridgehead atoms. The second-order valence-electron chi connectivity index (χ2n) is 4.84. The largest absolute Gasteiger partial charge is 0.367 e. The topological polar surface area (TPSA) is 15.3 Å². The van der Waals surface area contributed by atoms with Gasteiger partial charge in [-0.3, -0.25) is 0 Å². The monoisotopic (exact) mass is 254 g/mol. The van der Waals surface area contributed by atoms with Gasteiger partial charge in [0.2, 0.25) is 0 Å². The minimum atomic E-state index is -0.379. The average Bonchev–Trinajstić information content (AvgIpc) is 2.58. The highest BCUT2D eigenvalue weighted by atomic mass is 19.1. The first-order valence-corrected chi connectivity index (χ1v) is 6.64. The fourth-order valence-electron chi connectivity index (χ4n) is 2.49. The number of nitrogens with zero attached hydrogens (tertiary/aromatic N) is 1. The van der Waals surface area contributed by atoms with Gasteiger partial charge in [0.25, 0.3) is 0 Å². The third kappa shape index (κ3) is 3.19. The van der Waals surface area contributed by atoms with Gasteiger partial charge in [-0.2, -0.15) is 0 Å². The maximum atomic E-state index is 13.8. The van der Waals surface area contributed by atoms with Crippen LogP contribution in [0.15, 0.2) is 18.2 Å². The van der Waals surface area contributed by atoms with Crippen LogP contribution in [0.2, 0.25) is 0 Å². The van der Waals surface area contributed by atoms with Crippen molar-refractivity contribution in [1.82, 2.24) is 5.32 Å². The summed E-state index contributed by atoms with van der Waals surface area (Å²) < 4.78 is 27.0. The predicted octanol–water partition coefficient (Wildman–Crippen LogP) is 2.93. The van der Waals surface area contributed by atoms with E-state index in [2.05, 4.69) is 12.2 Å². The van der Waals surface area contributed by atoms with Crippen molar-refractivity contribution in [2.75, 3.05) is 24.5 Å². The van der Waals surface area contributed by atoms with Gasteiger partial charge in [0.05, 0.1) is 5.69 Å². The molecule has 0 amide bonds. The van der Waals surface area contributed by atoms with Gasteiger partial charge in [0.15, 0.2) is 0 Å². The normalized spacial score (nSPS) is 20.8. The fourth-order valence-corrected chi connectivity index (χ4v) is 2.49. The molecule has 0 aromatic heterocycles. The van der Waals surface area contributed by atoms with E-state index < -0.39 is 0 Å². The second kappa shape index (κ2) is 6.14. The van der Waals surface area contributed by atoms with Crippen LogP contribution >= 0.6 is 0 Å². The molecule has 1 heterocycles. The molecule has 1 atom stereocenters. The Morgan fingerprint density at radius 2 is 2.22 bits per heavy atom. The molecule has 1 N–H and O–H groups in total. The molecule has 1 aromatic rings. The highest BCUT2D eigenvalue weighted by Gasteiger charge is 2.19. The van der Waals surface area contributed by atoms with Gasteiger partial charge in [-0.25, -0.2) is 8.78 Å². The van der Waals surface area contributed by atoms with Crippen molar-refractivity contribution < 1.29 is 8.78 Å². The smallest absolute Gasteiger partial charge is 0.146 e. The second-order valence-corrected chi connectivity index (χ2v) is 4.84. The van der Waals surface area contributed by atoms with Crippen LogP contribution in [0.5, 0.6) is 0 Å². The van der Waals surface area contributed by atoms with E-state index in [1.165, 1.54) is 18.2 Å². The molecular weight excluding hydrogens is 234 g/mol. The summed E-state index contributed by atoms with van der Waals surface area (Å²) in [4.78, 5) is 1.96. The quantitative estimate of drug-likeness (QED) is 0.892. The Bertz CT molecular complexity index is 395. The molecule has 0 saturated carbocycles. The average molecular weight is 254 g/mol. The first-order chi connectivity index (χ1) is 8.70. The predicted molar refractivity (Wildman–Crippen MR) is 69.9 cm³/mol. The molecule has 100 valence electrons. The van der Waals surface area contributed by atoms with Gasteiger partial charge in [0.1, 0.15) is 11.6 Å². The molecule has 1 unspecified atom stereocenters. The number of hydrogen-bond acceptors (Lipinski definition) is 2. The Balaban J connectivity index is 2.16. The van der Waals surface area contributed by atoms with Crippen LogP contribution in [-0.2, 0) is 0 Å². The van der Waals surface area contributed by atoms with Crippen LogP contribution in [0.1, 0.15) is 26.2 Å². The van der Waals surface area contributed by atoms with Crippen LogP contribution in [0.4, 0.5) is 14.5 Å². The summed E-state index contributed by atoms with van der Waals surface area (Å²) in [6.07, 6.45) is 3.11. The summed E-state index contributed by atoms with van der Waals surface area (Å²) in [6, 6.07) is 4.03. The minimum Gasteiger partial charge on any atom is -0.367 e. The van der Waals surface area contributed by atoms with Crippen LogP contribution in [0.3, 0.4) is 0 Å².